The second-order valence-corrected chi connectivity index (χ2v) is 12.1. The molecule has 0 aliphatic heterocycles. The van der Waals surface area contributed by atoms with Crippen LogP contribution in [0.2, 0.25) is 0 Å². The Morgan fingerprint density at radius 2 is 1.02 bits per heavy atom. The number of nitrogens with two attached hydrogens (primary N) is 1. The number of aryl methyl sites for hydroxylation is 4. The standard InChI is InChI=1S/C20H20ClN5O.C18H20N5/c1-25-11-12-26(2)20(25)24-23-18-9-5-16(6-10-18)13-15-3-7-17(8-4-15)22-19(27)14-21;1-22-11-12-23(2)18(22)21-20-17-9-5-15(6-10-17)13-14-3-7-16(19)8-4-14/h3-12H,13-14H2,1-2H3;3-12H,13,19H2,1-2H3/q;+1/p+1. The zero-order chi connectivity index (χ0) is 35.5. The van der Waals surface area contributed by atoms with Crippen molar-refractivity contribution < 1.29 is 13.9 Å². The summed E-state index contributed by atoms with van der Waals surface area (Å²) in [6.07, 6.45) is 9.44. The maximum atomic E-state index is 11.3. The van der Waals surface area contributed by atoms with E-state index in [0.717, 1.165) is 53.1 Å². The van der Waals surface area contributed by atoms with Gasteiger partial charge in [-0.25, -0.2) is 18.3 Å². The van der Waals surface area contributed by atoms with Crippen molar-refractivity contribution in [2.45, 2.75) is 12.8 Å². The molecule has 0 radical (unpaired) electrons. The van der Waals surface area contributed by atoms with Crippen molar-refractivity contribution in [3.63, 3.8) is 0 Å². The van der Waals surface area contributed by atoms with Crippen LogP contribution in [0.25, 0.3) is 0 Å². The lowest BCUT2D eigenvalue weighted by Gasteiger charge is -2.05. The number of hydrogen-bond acceptors (Lipinski definition) is 6. The predicted octanol–water partition coefficient (Wildman–Crippen LogP) is 7.47. The van der Waals surface area contributed by atoms with Gasteiger partial charge in [0.05, 0.1) is 53.0 Å². The van der Waals surface area contributed by atoms with E-state index in [1.54, 1.807) is 0 Å². The molecule has 12 heteroatoms. The van der Waals surface area contributed by atoms with Crippen molar-refractivity contribution in [3.8, 4) is 0 Å². The summed E-state index contributed by atoms with van der Waals surface area (Å²) in [6, 6.07) is 31.8. The van der Waals surface area contributed by atoms with Gasteiger partial charge in [0.25, 0.3) is 0 Å². The maximum absolute atomic E-state index is 11.3. The van der Waals surface area contributed by atoms with Crippen molar-refractivity contribution >= 4 is 52.2 Å². The summed E-state index contributed by atoms with van der Waals surface area (Å²) in [5.74, 6) is 1.32. The van der Waals surface area contributed by atoms with E-state index in [9.17, 15) is 4.79 Å². The highest BCUT2D eigenvalue weighted by molar-refractivity contribution is 6.29. The Morgan fingerprint density at radius 3 is 1.38 bits per heavy atom. The summed E-state index contributed by atoms with van der Waals surface area (Å²) in [4.78, 5) is 11.3. The first kappa shape index (κ1) is 35.4. The van der Waals surface area contributed by atoms with Crippen LogP contribution in [0.3, 0.4) is 0 Å². The number of azo groups is 2. The fourth-order valence-corrected chi connectivity index (χ4v) is 5.09. The van der Waals surface area contributed by atoms with Crippen LogP contribution in [-0.4, -0.2) is 20.9 Å². The Kier molecular flexibility index (Phi) is 12.0. The zero-order valence-electron chi connectivity index (χ0n) is 28.6. The van der Waals surface area contributed by atoms with Gasteiger partial charge in [0, 0.05) is 21.6 Å². The van der Waals surface area contributed by atoms with Gasteiger partial charge in [-0.15, -0.1) is 11.6 Å². The second kappa shape index (κ2) is 16.9. The van der Waals surface area contributed by atoms with Crippen molar-refractivity contribution in [2.24, 2.45) is 48.6 Å². The number of amides is 1. The van der Waals surface area contributed by atoms with Crippen LogP contribution in [0.1, 0.15) is 22.3 Å². The van der Waals surface area contributed by atoms with E-state index in [1.165, 1.54) is 16.7 Å². The lowest BCUT2D eigenvalue weighted by molar-refractivity contribution is -0.657. The van der Waals surface area contributed by atoms with E-state index in [1.807, 2.05) is 144 Å². The van der Waals surface area contributed by atoms with Crippen LogP contribution < -0.4 is 20.2 Å². The van der Waals surface area contributed by atoms with Gasteiger partial charge < -0.3 is 11.1 Å². The first-order valence-corrected chi connectivity index (χ1v) is 16.5. The van der Waals surface area contributed by atoms with Gasteiger partial charge in [-0.3, -0.25) is 4.79 Å². The summed E-state index contributed by atoms with van der Waals surface area (Å²) >= 11 is 5.49. The maximum Gasteiger partial charge on any atom is 0.421 e. The van der Waals surface area contributed by atoms with Gasteiger partial charge in [-0.2, -0.15) is 0 Å². The quantitative estimate of drug-likeness (QED) is 0.0671. The van der Waals surface area contributed by atoms with Crippen molar-refractivity contribution in [1.29, 1.82) is 0 Å². The number of nitrogens with one attached hydrogen (secondary N) is 1. The summed E-state index contributed by atoms with van der Waals surface area (Å²) < 4.78 is 7.69. The Hall–Kier alpha value is -5.94. The molecule has 50 heavy (non-hydrogen) atoms. The molecule has 6 aromatic rings. The molecule has 0 aliphatic rings. The molecule has 2 aromatic heterocycles. The number of alkyl halides is 1. The molecule has 254 valence electrons. The van der Waals surface area contributed by atoms with Crippen LogP contribution in [0.4, 0.5) is 34.6 Å². The van der Waals surface area contributed by atoms with E-state index in [-0.39, 0.29) is 11.8 Å². The van der Waals surface area contributed by atoms with Gasteiger partial charge in [0.15, 0.2) is 0 Å². The highest BCUT2D eigenvalue weighted by atomic mass is 35.5. The highest BCUT2D eigenvalue weighted by Gasteiger charge is 2.11. The molecule has 0 unspecified atom stereocenters. The van der Waals surface area contributed by atoms with Gasteiger partial charge >= 0.3 is 11.9 Å². The molecule has 0 saturated heterocycles. The molecule has 2 heterocycles. The Balaban J connectivity index is 0.000000197. The van der Waals surface area contributed by atoms with Crippen LogP contribution in [0.15, 0.2) is 142 Å². The third kappa shape index (κ3) is 10.0. The summed E-state index contributed by atoms with van der Waals surface area (Å²) in [7, 11) is 7.77. The van der Waals surface area contributed by atoms with Gasteiger partial charge in [0.1, 0.15) is 17.3 Å². The number of nitrogens with zero attached hydrogens (tertiary/aromatic N) is 8. The van der Waals surface area contributed by atoms with E-state index in [0.29, 0.717) is 0 Å². The number of halogens is 1. The second-order valence-electron chi connectivity index (χ2n) is 11.8. The van der Waals surface area contributed by atoms with E-state index >= 15 is 0 Å². The molecule has 11 nitrogen and oxygen atoms in total. The lowest BCUT2D eigenvalue weighted by atomic mass is 10.0. The Labute approximate surface area is 297 Å². The molecule has 1 amide bonds. The van der Waals surface area contributed by atoms with E-state index in [2.05, 4.69) is 50.0 Å². The third-order valence-corrected chi connectivity index (χ3v) is 8.07. The van der Waals surface area contributed by atoms with Crippen molar-refractivity contribution in [1.82, 2.24) is 9.13 Å². The molecule has 0 saturated carbocycles. The van der Waals surface area contributed by atoms with Gasteiger partial charge in [-0.05, 0) is 83.6 Å². The molecule has 4 aromatic carbocycles. The smallest absolute Gasteiger partial charge is 0.399 e. The van der Waals surface area contributed by atoms with E-state index in [4.69, 9.17) is 17.3 Å². The number of hydrogen-bond donors (Lipinski definition) is 2. The number of carbonyl (C=O) groups is 1. The molecule has 3 N–H and O–H groups in total. The molecular weight excluding hydrogens is 648 g/mol. The Bertz CT molecular complexity index is 2020. The SMILES string of the molecule is Cn1cc[n+](C)c1N=Nc1ccc(Cc2ccc(N)cc2)cc1.Cn1cc[n+](C)c1N=Nc1ccc(Cc2ccc(NC(=O)CCl)cc2)cc1. The average Bonchev–Trinajstić information content (AvgIpc) is 3.63. The predicted molar refractivity (Wildman–Crippen MR) is 197 cm³/mol. The average molecular weight is 689 g/mol. The zero-order valence-corrected chi connectivity index (χ0v) is 29.4. The largest absolute Gasteiger partial charge is 0.421 e. The summed E-state index contributed by atoms with van der Waals surface area (Å²) in [6.45, 7) is 0. The number of imidazole rings is 2. The molecule has 0 bridgehead atoms. The van der Waals surface area contributed by atoms with Crippen molar-refractivity contribution in [3.05, 3.63) is 144 Å². The van der Waals surface area contributed by atoms with Crippen LogP contribution in [0, 0.1) is 0 Å². The number of nitrogen functional groups attached to an aromatic ring is 1. The molecule has 0 fully saturated rings. The highest BCUT2D eigenvalue weighted by Crippen LogP contribution is 2.20. The number of anilines is 2. The number of aromatic nitrogens is 4. The molecular formula is C38H41ClN10O+2. The minimum Gasteiger partial charge on any atom is -0.399 e. The normalized spacial score (nSPS) is 11.1. The minimum absolute atomic E-state index is 0.0478. The summed E-state index contributed by atoms with van der Waals surface area (Å²) in [5, 5.41) is 19.9. The molecule has 0 spiro atoms. The number of carbonyl (C=O) groups excluding carboxylic acids is 1. The van der Waals surface area contributed by atoms with Crippen LogP contribution in [0.5, 0.6) is 0 Å². The summed E-state index contributed by atoms with van der Waals surface area (Å²) in [5.41, 5.74) is 13.7. The van der Waals surface area contributed by atoms with Gasteiger partial charge in [0.2, 0.25) is 5.91 Å². The lowest BCUT2D eigenvalue weighted by Crippen LogP contribution is -2.25. The van der Waals surface area contributed by atoms with Crippen LogP contribution in [-0.2, 0) is 45.8 Å². The van der Waals surface area contributed by atoms with Crippen molar-refractivity contribution in [2.75, 3.05) is 16.9 Å². The van der Waals surface area contributed by atoms with Gasteiger partial charge in [-0.1, -0.05) is 58.8 Å². The topological polar surface area (TPSA) is 122 Å². The van der Waals surface area contributed by atoms with Crippen LogP contribution >= 0.6 is 11.6 Å². The monoisotopic (exact) mass is 688 g/mol. The first-order valence-electron chi connectivity index (χ1n) is 16.0. The number of rotatable bonds is 10. The fraction of sp³-hybridized carbons (Fsp3) is 0.184. The first-order chi connectivity index (χ1) is 24.2. The molecule has 6 rings (SSSR count). The number of benzene rings is 4. The molecule has 0 aliphatic carbocycles. The fourth-order valence-electron chi connectivity index (χ4n) is 5.02. The minimum atomic E-state index is -0.210. The van der Waals surface area contributed by atoms with E-state index < -0.39 is 0 Å². The third-order valence-electron chi connectivity index (χ3n) is 7.83. The Morgan fingerprint density at radius 1 is 0.640 bits per heavy atom. The molecule has 0 atom stereocenters.